The lowest BCUT2D eigenvalue weighted by Gasteiger charge is -2.10. The zero-order valence-corrected chi connectivity index (χ0v) is 14.4. The van der Waals surface area contributed by atoms with Gasteiger partial charge in [-0.1, -0.05) is 23.7 Å². The summed E-state index contributed by atoms with van der Waals surface area (Å²) in [4.78, 5) is 0. The van der Waals surface area contributed by atoms with E-state index in [0.717, 1.165) is 22.0 Å². The van der Waals surface area contributed by atoms with Gasteiger partial charge in [0.2, 0.25) is 10.0 Å². The number of halogens is 2. The molecule has 0 fully saturated rings. The van der Waals surface area contributed by atoms with E-state index in [1.165, 1.54) is 0 Å². The van der Waals surface area contributed by atoms with Gasteiger partial charge in [-0.15, -0.1) is 0 Å². The van der Waals surface area contributed by atoms with Crippen LogP contribution in [0.1, 0.15) is 5.56 Å². The molecule has 4 nitrogen and oxygen atoms in total. The number of nitrogens with one attached hydrogen (secondary N) is 2. The number of sulfonamides is 1. The van der Waals surface area contributed by atoms with Crippen molar-refractivity contribution in [3.05, 3.63) is 57.5 Å². The molecule has 0 heterocycles. The molecule has 2 aromatic rings. The fourth-order valence-corrected chi connectivity index (χ4v) is 2.77. The fraction of sp³-hybridized carbons (Fsp3) is 0.143. The third-order valence-electron chi connectivity index (χ3n) is 2.65. The summed E-state index contributed by atoms with van der Waals surface area (Å²) >= 11 is 9.39. The molecule has 2 N–H and O–H groups in total. The highest BCUT2D eigenvalue weighted by Crippen LogP contribution is 2.24. The Kier molecular flexibility index (Phi) is 5.13. The first-order chi connectivity index (χ1) is 9.83. The lowest BCUT2D eigenvalue weighted by atomic mass is 10.2. The van der Waals surface area contributed by atoms with Crippen LogP contribution in [0.2, 0.25) is 5.02 Å². The van der Waals surface area contributed by atoms with Gasteiger partial charge >= 0.3 is 0 Å². The first-order valence-electron chi connectivity index (χ1n) is 6.09. The van der Waals surface area contributed by atoms with Crippen LogP contribution >= 0.6 is 27.5 Å². The Morgan fingerprint density at radius 1 is 1.14 bits per heavy atom. The number of benzene rings is 2. The minimum atomic E-state index is -3.27. The lowest BCUT2D eigenvalue weighted by Crippen LogP contribution is -2.09. The van der Waals surface area contributed by atoms with Crippen molar-refractivity contribution < 1.29 is 8.42 Å². The second-order valence-electron chi connectivity index (χ2n) is 4.56. The van der Waals surface area contributed by atoms with Crippen LogP contribution < -0.4 is 10.0 Å². The fourth-order valence-electron chi connectivity index (χ4n) is 1.76. The summed E-state index contributed by atoms with van der Waals surface area (Å²) in [6, 6.07) is 12.8. The van der Waals surface area contributed by atoms with Gasteiger partial charge in [0.05, 0.1) is 17.0 Å². The van der Waals surface area contributed by atoms with Crippen LogP contribution in [0.4, 0.5) is 11.4 Å². The van der Waals surface area contributed by atoms with E-state index in [9.17, 15) is 8.42 Å². The van der Waals surface area contributed by atoms with Crippen LogP contribution in [0.3, 0.4) is 0 Å². The normalized spacial score (nSPS) is 11.2. The summed E-state index contributed by atoms with van der Waals surface area (Å²) in [5, 5.41) is 3.88. The second-order valence-corrected chi connectivity index (χ2v) is 7.57. The molecular formula is C14H14BrClN2O2S. The molecule has 0 unspecified atom stereocenters. The molecule has 112 valence electrons. The molecule has 0 saturated heterocycles. The van der Waals surface area contributed by atoms with Crippen LogP contribution in [0, 0.1) is 0 Å². The molecule has 0 aromatic heterocycles. The molecule has 0 aliphatic carbocycles. The van der Waals surface area contributed by atoms with Crippen LogP contribution in [0.25, 0.3) is 0 Å². The summed E-state index contributed by atoms with van der Waals surface area (Å²) in [5.41, 5.74) is 2.38. The van der Waals surface area contributed by atoms with E-state index >= 15 is 0 Å². The Morgan fingerprint density at radius 2 is 1.86 bits per heavy atom. The van der Waals surface area contributed by atoms with E-state index in [0.29, 0.717) is 17.3 Å². The van der Waals surface area contributed by atoms with E-state index in [1.807, 2.05) is 24.3 Å². The largest absolute Gasteiger partial charge is 0.381 e. The van der Waals surface area contributed by atoms with Crippen molar-refractivity contribution in [1.82, 2.24) is 0 Å². The number of hydrogen-bond donors (Lipinski definition) is 2. The van der Waals surface area contributed by atoms with Gasteiger partial charge in [0.25, 0.3) is 0 Å². The van der Waals surface area contributed by atoms with Gasteiger partial charge in [-0.05, 0) is 51.8 Å². The van der Waals surface area contributed by atoms with E-state index < -0.39 is 10.0 Å². The van der Waals surface area contributed by atoms with E-state index in [2.05, 4.69) is 26.0 Å². The molecule has 0 aliphatic heterocycles. The molecule has 0 amide bonds. The molecule has 2 rings (SSSR count). The predicted molar refractivity (Wildman–Crippen MR) is 91.4 cm³/mol. The molecule has 0 radical (unpaired) electrons. The Morgan fingerprint density at radius 3 is 2.52 bits per heavy atom. The van der Waals surface area contributed by atoms with Gasteiger partial charge in [0.1, 0.15) is 0 Å². The maximum Gasteiger partial charge on any atom is 0.229 e. The monoisotopic (exact) mass is 388 g/mol. The smallest absolute Gasteiger partial charge is 0.229 e. The first-order valence-corrected chi connectivity index (χ1v) is 9.15. The number of rotatable bonds is 5. The Bertz CT molecular complexity index is 750. The maximum atomic E-state index is 11.2. The third kappa shape index (κ3) is 5.22. The average Bonchev–Trinajstić information content (AvgIpc) is 2.39. The van der Waals surface area contributed by atoms with Gasteiger partial charge < -0.3 is 5.32 Å². The molecule has 7 heteroatoms. The zero-order valence-electron chi connectivity index (χ0n) is 11.2. The second kappa shape index (κ2) is 6.68. The molecule has 0 saturated carbocycles. The van der Waals surface area contributed by atoms with Crippen LogP contribution in [0.5, 0.6) is 0 Å². The number of anilines is 2. The minimum absolute atomic E-state index is 0.524. The number of hydrogen-bond acceptors (Lipinski definition) is 3. The molecule has 2 aromatic carbocycles. The standard InChI is InChI=1S/C14H14BrClN2O2S/c1-21(19,20)18-12-4-2-3-11(8-12)17-9-10-5-6-13(15)14(16)7-10/h2-8,17-18H,9H2,1H3. The van der Waals surface area contributed by atoms with Crippen molar-refractivity contribution in [2.45, 2.75) is 6.54 Å². The molecule has 0 spiro atoms. The summed E-state index contributed by atoms with van der Waals surface area (Å²) in [6.07, 6.45) is 1.12. The first kappa shape index (κ1) is 16.1. The molecule has 0 atom stereocenters. The van der Waals surface area contributed by atoms with Crippen molar-refractivity contribution in [2.24, 2.45) is 0 Å². The summed E-state index contributed by atoms with van der Waals surface area (Å²) in [6.45, 7) is 0.593. The Balaban J connectivity index is 2.06. The van der Waals surface area contributed by atoms with E-state index in [-0.39, 0.29) is 0 Å². The predicted octanol–water partition coefficient (Wildman–Crippen LogP) is 4.09. The highest BCUT2D eigenvalue weighted by Gasteiger charge is 2.03. The SMILES string of the molecule is CS(=O)(=O)Nc1cccc(NCc2ccc(Br)c(Cl)c2)c1. The topological polar surface area (TPSA) is 58.2 Å². The van der Waals surface area contributed by atoms with Crippen LogP contribution in [-0.4, -0.2) is 14.7 Å². The van der Waals surface area contributed by atoms with Crippen molar-refractivity contribution in [3.8, 4) is 0 Å². The van der Waals surface area contributed by atoms with Gasteiger partial charge in [-0.25, -0.2) is 8.42 Å². The highest BCUT2D eigenvalue weighted by atomic mass is 79.9. The zero-order chi connectivity index (χ0) is 15.5. The van der Waals surface area contributed by atoms with Crippen molar-refractivity contribution >= 4 is 48.9 Å². The van der Waals surface area contributed by atoms with Crippen molar-refractivity contribution in [1.29, 1.82) is 0 Å². The molecular weight excluding hydrogens is 376 g/mol. The van der Waals surface area contributed by atoms with Gasteiger partial charge in [0, 0.05) is 16.7 Å². The van der Waals surface area contributed by atoms with E-state index in [1.54, 1.807) is 18.2 Å². The van der Waals surface area contributed by atoms with Gasteiger partial charge in [-0.2, -0.15) is 0 Å². The summed E-state index contributed by atoms with van der Waals surface area (Å²) in [5.74, 6) is 0. The third-order valence-corrected chi connectivity index (χ3v) is 4.49. The van der Waals surface area contributed by atoms with Crippen LogP contribution in [-0.2, 0) is 16.6 Å². The Labute approximate surface area is 137 Å². The lowest BCUT2D eigenvalue weighted by molar-refractivity contribution is 0.607. The average molecular weight is 390 g/mol. The molecule has 21 heavy (non-hydrogen) atoms. The molecule has 0 bridgehead atoms. The minimum Gasteiger partial charge on any atom is -0.381 e. The summed E-state index contributed by atoms with van der Waals surface area (Å²) in [7, 11) is -3.27. The van der Waals surface area contributed by atoms with Crippen LogP contribution in [0.15, 0.2) is 46.9 Å². The van der Waals surface area contributed by atoms with Crippen molar-refractivity contribution in [2.75, 3.05) is 16.3 Å². The highest BCUT2D eigenvalue weighted by molar-refractivity contribution is 9.10. The van der Waals surface area contributed by atoms with Gasteiger partial charge in [-0.3, -0.25) is 4.72 Å². The summed E-state index contributed by atoms with van der Waals surface area (Å²) < 4.78 is 25.7. The maximum absolute atomic E-state index is 11.2. The quantitative estimate of drug-likeness (QED) is 0.810. The van der Waals surface area contributed by atoms with E-state index in [4.69, 9.17) is 11.6 Å². The molecule has 0 aliphatic rings. The Hall–Kier alpha value is -1.24. The van der Waals surface area contributed by atoms with Gasteiger partial charge in [0.15, 0.2) is 0 Å². The van der Waals surface area contributed by atoms with Crippen molar-refractivity contribution in [3.63, 3.8) is 0 Å².